The highest BCUT2D eigenvalue weighted by molar-refractivity contribution is 5.92. The number of H-pyrrole nitrogens is 1. The highest BCUT2D eigenvalue weighted by atomic mass is 16.5. The van der Waals surface area contributed by atoms with Gasteiger partial charge in [0.25, 0.3) is 5.91 Å². The van der Waals surface area contributed by atoms with Crippen LogP contribution in [-0.4, -0.2) is 72.2 Å². The Labute approximate surface area is 188 Å². The second-order valence-electron chi connectivity index (χ2n) is 9.07. The van der Waals surface area contributed by atoms with E-state index in [1.165, 1.54) is 0 Å². The van der Waals surface area contributed by atoms with Crippen molar-refractivity contribution in [2.24, 2.45) is 11.8 Å². The summed E-state index contributed by atoms with van der Waals surface area (Å²) in [6, 6.07) is 5.27. The van der Waals surface area contributed by atoms with E-state index in [4.69, 9.17) is 4.52 Å². The molecule has 0 saturated carbocycles. The number of nitrogens with zero attached hydrogens (tertiary/aromatic N) is 6. The Hall–Kier alpha value is -3.76. The molecule has 2 fully saturated rings. The van der Waals surface area contributed by atoms with E-state index in [1.54, 1.807) is 34.0 Å². The number of carbonyl (C=O) groups excluding carboxylic acids is 2. The number of pyridine rings is 1. The van der Waals surface area contributed by atoms with Gasteiger partial charge in [-0.25, -0.2) is 9.89 Å². The van der Waals surface area contributed by atoms with Crippen LogP contribution in [0.1, 0.15) is 29.2 Å². The minimum absolute atomic E-state index is 0.0246. The van der Waals surface area contributed by atoms with Gasteiger partial charge in [0.05, 0.1) is 5.92 Å². The molecule has 0 spiro atoms. The number of aromatic amines is 1. The summed E-state index contributed by atoms with van der Waals surface area (Å²) >= 11 is 0. The first-order valence-corrected chi connectivity index (χ1v) is 11.2. The molecule has 1 N–H and O–H groups in total. The predicted molar refractivity (Wildman–Crippen MR) is 114 cm³/mol. The van der Waals surface area contributed by atoms with Crippen LogP contribution in [0.15, 0.2) is 39.9 Å². The number of aromatic nitrogens is 5. The Morgan fingerprint density at radius 2 is 2.09 bits per heavy atom. The van der Waals surface area contributed by atoms with E-state index in [9.17, 15) is 14.4 Å². The van der Waals surface area contributed by atoms with Gasteiger partial charge < -0.3 is 14.3 Å². The molecule has 3 aliphatic rings. The normalized spacial score (nSPS) is 24.1. The van der Waals surface area contributed by atoms with Crippen molar-refractivity contribution in [2.45, 2.75) is 31.8 Å². The van der Waals surface area contributed by atoms with E-state index < -0.39 is 0 Å². The highest BCUT2D eigenvalue weighted by Gasteiger charge is 2.44. The molecule has 3 atom stereocenters. The van der Waals surface area contributed by atoms with Gasteiger partial charge in [0.1, 0.15) is 11.5 Å². The van der Waals surface area contributed by atoms with E-state index in [2.05, 4.69) is 20.3 Å². The van der Waals surface area contributed by atoms with Crippen molar-refractivity contribution in [1.29, 1.82) is 0 Å². The molecule has 170 valence electrons. The SMILES string of the molecule is O=C(c1cc(-c2cccnc2)no1)N1CC2CC(C1)N(C(=O)C1CCc3n[nH]c(=O)n3C1)C2. The van der Waals surface area contributed by atoms with Crippen molar-refractivity contribution in [3.05, 3.63) is 52.7 Å². The molecule has 2 amide bonds. The fourth-order valence-electron chi connectivity index (χ4n) is 5.36. The molecular formula is C22H23N7O4. The molecule has 6 heterocycles. The maximum atomic E-state index is 13.3. The second kappa shape index (κ2) is 7.68. The molecule has 0 aliphatic carbocycles. The third kappa shape index (κ3) is 3.43. The van der Waals surface area contributed by atoms with Gasteiger partial charge in [0.2, 0.25) is 11.7 Å². The molecule has 0 aromatic carbocycles. The molecule has 3 aromatic rings. The van der Waals surface area contributed by atoms with E-state index in [-0.39, 0.29) is 41.1 Å². The zero-order valence-electron chi connectivity index (χ0n) is 17.9. The minimum atomic E-state index is -0.267. The first kappa shape index (κ1) is 19.9. The molecule has 2 bridgehead atoms. The lowest BCUT2D eigenvalue weighted by atomic mass is 9.97. The number of fused-ring (bicyclic) bond motifs is 3. The van der Waals surface area contributed by atoms with Crippen LogP contribution < -0.4 is 5.69 Å². The number of nitrogens with one attached hydrogen (secondary N) is 1. The Morgan fingerprint density at radius 1 is 1.18 bits per heavy atom. The Bertz CT molecular complexity index is 1260. The van der Waals surface area contributed by atoms with Crippen LogP contribution in [-0.2, 0) is 17.8 Å². The number of carbonyl (C=O) groups is 2. The van der Waals surface area contributed by atoms with E-state index in [1.807, 2.05) is 11.0 Å². The molecule has 6 rings (SSSR count). The number of rotatable bonds is 3. The molecule has 11 nitrogen and oxygen atoms in total. The number of likely N-dealkylation sites (tertiary alicyclic amines) is 2. The minimum Gasteiger partial charge on any atom is -0.350 e. The molecule has 11 heteroatoms. The summed E-state index contributed by atoms with van der Waals surface area (Å²) in [7, 11) is 0. The summed E-state index contributed by atoms with van der Waals surface area (Å²) in [6.45, 7) is 2.04. The third-order valence-corrected chi connectivity index (χ3v) is 6.97. The number of aryl methyl sites for hydroxylation is 1. The average molecular weight is 449 g/mol. The van der Waals surface area contributed by atoms with E-state index >= 15 is 0 Å². The zero-order valence-corrected chi connectivity index (χ0v) is 17.9. The van der Waals surface area contributed by atoms with Crippen LogP contribution in [0.3, 0.4) is 0 Å². The van der Waals surface area contributed by atoms with Crippen molar-refractivity contribution in [3.8, 4) is 11.3 Å². The maximum absolute atomic E-state index is 13.3. The predicted octanol–water partition coefficient (Wildman–Crippen LogP) is 0.557. The Morgan fingerprint density at radius 3 is 2.94 bits per heavy atom. The molecule has 3 unspecified atom stereocenters. The molecule has 3 aromatic heterocycles. The quantitative estimate of drug-likeness (QED) is 0.618. The lowest BCUT2D eigenvalue weighted by Crippen LogP contribution is -2.48. The lowest BCUT2D eigenvalue weighted by molar-refractivity contribution is -0.137. The van der Waals surface area contributed by atoms with E-state index in [0.29, 0.717) is 50.5 Å². The lowest BCUT2D eigenvalue weighted by Gasteiger charge is -2.33. The first-order valence-electron chi connectivity index (χ1n) is 11.2. The molecule has 0 radical (unpaired) electrons. The van der Waals surface area contributed by atoms with Gasteiger partial charge in [-0.3, -0.25) is 19.1 Å². The maximum Gasteiger partial charge on any atom is 0.343 e. The van der Waals surface area contributed by atoms with Crippen LogP contribution in [0.2, 0.25) is 0 Å². The average Bonchev–Trinajstić information content (AvgIpc) is 3.56. The van der Waals surface area contributed by atoms with Gasteiger partial charge in [-0.15, -0.1) is 0 Å². The monoisotopic (exact) mass is 449 g/mol. The van der Waals surface area contributed by atoms with Gasteiger partial charge in [-0.1, -0.05) is 5.16 Å². The summed E-state index contributed by atoms with van der Waals surface area (Å²) in [5.41, 5.74) is 1.08. The van der Waals surface area contributed by atoms with Crippen LogP contribution in [0.25, 0.3) is 11.3 Å². The van der Waals surface area contributed by atoms with E-state index in [0.717, 1.165) is 12.0 Å². The summed E-state index contributed by atoms with van der Waals surface area (Å²) < 4.78 is 6.90. The molecule has 3 aliphatic heterocycles. The standard InChI is InChI=1S/C22H23N7O4/c30-20(15-3-4-19-24-25-22(32)29(19)11-15)28-10-13-6-16(28)12-27(9-13)21(31)18-7-17(26-33-18)14-2-1-5-23-8-14/h1-2,5,7-8,13,15-16H,3-4,6,9-12H2,(H,25,32). The van der Waals surface area contributed by atoms with Gasteiger partial charge in [-0.2, -0.15) is 5.10 Å². The number of piperidine rings is 1. The summed E-state index contributed by atoms with van der Waals surface area (Å²) in [5, 5.41) is 10.5. The van der Waals surface area contributed by atoms with Crippen molar-refractivity contribution in [1.82, 2.24) is 34.7 Å². The van der Waals surface area contributed by atoms with Crippen molar-refractivity contribution in [3.63, 3.8) is 0 Å². The smallest absolute Gasteiger partial charge is 0.343 e. The summed E-state index contributed by atoms with van der Waals surface area (Å²) in [5.74, 6) is 0.731. The Kier molecular flexibility index (Phi) is 4.63. The highest BCUT2D eigenvalue weighted by Crippen LogP contribution is 2.33. The van der Waals surface area contributed by atoms with Gasteiger partial charge in [0.15, 0.2) is 0 Å². The number of amides is 2. The second-order valence-corrected chi connectivity index (χ2v) is 9.07. The van der Waals surface area contributed by atoms with Gasteiger partial charge in [-0.05, 0) is 30.9 Å². The van der Waals surface area contributed by atoms with Crippen molar-refractivity contribution < 1.29 is 14.1 Å². The Balaban J connectivity index is 1.15. The van der Waals surface area contributed by atoms with Crippen LogP contribution in [0, 0.1) is 11.8 Å². The van der Waals surface area contributed by atoms with Gasteiger partial charge in [0, 0.05) is 62.7 Å². The first-order chi connectivity index (χ1) is 16.1. The van der Waals surface area contributed by atoms with Gasteiger partial charge >= 0.3 is 5.69 Å². The number of hydrogen-bond acceptors (Lipinski definition) is 7. The third-order valence-electron chi connectivity index (χ3n) is 6.97. The summed E-state index contributed by atoms with van der Waals surface area (Å²) in [6.07, 6.45) is 5.51. The molecular weight excluding hydrogens is 426 g/mol. The number of hydrogen-bond donors (Lipinski definition) is 1. The molecule has 33 heavy (non-hydrogen) atoms. The topological polar surface area (TPSA) is 130 Å². The zero-order chi connectivity index (χ0) is 22.5. The summed E-state index contributed by atoms with van der Waals surface area (Å²) in [4.78, 5) is 46.1. The molecule has 2 saturated heterocycles. The van der Waals surface area contributed by atoms with Crippen molar-refractivity contribution >= 4 is 11.8 Å². The fraction of sp³-hybridized carbons (Fsp3) is 0.455. The van der Waals surface area contributed by atoms with Crippen LogP contribution >= 0.6 is 0 Å². The van der Waals surface area contributed by atoms with Crippen molar-refractivity contribution in [2.75, 3.05) is 19.6 Å². The van der Waals surface area contributed by atoms with Crippen LogP contribution in [0.4, 0.5) is 0 Å². The largest absolute Gasteiger partial charge is 0.350 e. The fourth-order valence-corrected chi connectivity index (χ4v) is 5.36. The van der Waals surface area contributed by atoms with Crippen LogP contribution in [0.5, 0.6) is 0 Å².